The molecule has 0 aliphatic heterocycles. The number of nitrogens with zero attached hydrogens (tertiary/aromatic N) is 2. The van der Waals surface area contributed by atoms with Crippen molar-refractivity contribution in [2.75, 3.05) is 11.5 Å². The molecule has 104 valence electrons. The van der Waals surface area contributed by atoms with Crippen LogP contribution in [-0.2, 0) is 5.88 Å². The Morgan fingerprint density at radius 1 is 1.53 bits per heavy atom. The summed E-state index contributed by atoms with van der Waals surface area (Å²) in [6.07, 6.45) is 0. The first-order valence-corrected chi connectivity index (χ1v) is 8.56. The van der Waals surface area contributed by atoms with E-state index in [1.165, 1.54) is 6.07 Å². The van der Waals surface area contributed by atoms with Gasteiger partial charge in [-0.25, -0.2) is 9.37 Å². The normalized spacial score (nSPS) is 13.1. The quantitative estimate of drug-likeness (QED) is 0.695. The van der Waals surface area contributed by atoms with Crippen LogP contribution in [0.1, 0.15) is 25.7 Å². The van der Waals surface area contributed by atoms with Crippen molar-refractivity contribution in [1.29, 1.82) is 0 Å². The minimum absolute atomic E-state index is 0.279. The lowest BCUT2D eigenvalue weighted by Gasteiger charge is -2.16. The molecule has 19 heavy (non-hydrogen) atoms. The topological polar surface area (TPSA) is 17.8 Å². The highest BCUT2D eigenvalue weighted by Gasteiger charge is 2.17. The second-order valence-electron chi connectivity index (χ2n) is 4.30. The predicted molar refractivity (Wildman–Crippen MR) is 84.7 cm³/mol. The standard InChI is InChI=1S/C13H15BrClFN2S/c1-3-19-7-8(2)18-12-4-9(14)10(16)5-11(12)17-13(18)6-15/h4-5,8H,3,6-7H2,1-2H3. The fourth-order valence-corrected chi connectivity index (χ4v) is 3.34. The number of fused-ring (bicyclic) bond motifs is 1. The number of hydrogen-bond donors (Lipinski definition) is 0. The van der Waals surface area contributed by atoms with Crippen LogP contribution in [0.15, 0.2) is 16.6 Å². The Morgan fingerprint density at radius 2 is 2.26 bits per heavy atom. The van der Waals surface area contributed by atoms with Crippen LogP contribution in [0.4, 0.5) is 4.39 Å². The highest BCUT2D eigenvalue weighted by molar-refractivity contribution is 9.10. The maximum atomic E-state index is 13.6. The lowest BCUT2D eigenvalue weighted by Crippen LogP contribution is -2.11. The van der Waals surface area contributed by atoms with Gasteiger partial charge in [-0.05, 0) is 34.7 Å². The number of thioether (sulfide) groups is 1. The molecule has 0 aliphatic rings. The number of imidazole rings is 1. The predicted octanol–water partition coefficient (Wildman–Crippen LogP) is 4.99. The number of aromatic nitrogens is 2. The molecule has 0 aliphatic carbocycles. The monoisotopic (exact) mass is 364 g/mol. The molecule has 2 rings (SSSR count). The summed E-state index contributed by atoms with van der Waals surface area (Å²) in [6, 6.07) is 3.51. The molecule has 0 amide bonds. The van der Waals surface area contributed by atoms with Gasteiger partial charge >= 0.3 is 0 Å². The zero-order valence-electron chi connectivity index (χ0n) is 10.8. The Bertz CT molecular complexity index is 588. The van der Waals surface area contributed by atoms with Gasteiger partial charge in [0.1, 0.15) is 11.6 Å². The molecule has 0 radical (unpaired) electrons. The van der Waals surface area contributed by atoms with Crippen molar-refractivity contribution in [2.45, 2.75) is 25.8 Å². The molecule has 2 aromatic rings. The molecule has 0 bridgehead atoms. The van der Waals surface area contributed by atoms with Crippen LogP contribution in [0.2, 0.25) is 0 Å². The number of benzene rings is 1. The van der Waals surface area contributed by atoms with E-state index in [2.05, 4.69) is 39.3 Å². The summed E-state index contributed by atoms with van der Waals surface area (Å²) >= 11 is 11.1. The number of rotatable bonds is 5. The smallest absolute Gasteiger partial charge is 0.139 e. The van der Waals surface area contributed by atoms with Crippen LogP contribution in [0.5, 0.6) is 0 Å². The molecule has 1 aromatic carbocycles. The van der Waals surface area contributed by atoms with Crippen LogP contribution in [0, 0.1) is 5.82 Å². The average molecular weight is 366 g/mol. The van der Waals surface area contributed by atoms with Crippen molar-refractivity contribution in [1.82, 2.24) is 9.55 Å². The Hall–Kier alpha value is -0.260. The highest BCUT2D eigenvalue weighted by atomic mass is 79.9. The summed E-state index contributed by atoms with van der Waals surface area (Å²) in [7, 11) is 0. The van der Waals surface area contributed by atoms with Crippen LogP contribution in [-0.4, -0.2) is 21.1 Å². The Morgan fingerprint density at radius 3 is 2.89 bits per heavy atom. The molecule has 1 unspecified atom stereocenters. The van der Waals surface area contributed by atoms with Crippen molar-refractivity contribution in [3.63, 3.8) is 0 Å². The van der Waals surface area contributed by atoms with Crippen LogP contribution < -0.4 is 0 Å². The average Bonchev–Trinajstić information content (AvgIpc) is 2.74. The van der Waals surface area contributed by atoms with E-state index in [4.69, 9.17) is 11.6 Å². The number of alkyl halides is 1. The van der Waals surface area contributed by atoms with Crippen LogP contribution in [0.25, 0.3) is 11.0 Å². The maximum Gasteiger partial charge on any atom is 0.139 e. The molecular formula is C13H15BrClFN2S. The second-order valence-corrected chi connectivity index (χ2v) is 6.74. The Labute approximate surface area is 129 Å². The molecule has 0 saturated heterocycles. The van der Waals surface area contributed by atoms with E-state index < -0.39 is 0 Å². The van der Waals surface area contributed by atoms with Crippen LogP contribution in [0.3, 0.4) is 0 Å². The fourth-order valence-electron chi connectivity index (χ4n) is 2.09. The molecule has 2 nitrogen and oxygen atoms in total. The first kappa shape index (κ1) is 15.1. The first-order chi connectivity index (χ1) is 9.08. The minimum Gasteiger partial charge on any atom is -0.323 e. The van der Waals surface area contributed by atoms with Gasteiger partial charge in [0.05, 0.1) is 21.4 Å². The summed E-state index contributed by atoms with van der Waals surface area (Å²) in [4.78, 5) is 4.42. The van der Waals surface area contributed by atoms with Gasteiger partial charge in [0.25, 0.3) is 0 Å². The third kappa shape index (κ3) is 3.09. The Balaban J connectivity index is 2.53. The van der Waals surface area contributed by atoms with Gasteiger partial charge in [-0.15, -0.1) is 11.6 Å². The lowest BCUT2D eigenvalue weighted by atomic mass is 10.3. The van der Waals surface area contributed by atoms with E-state index in [-0.39, 0.29) is 11.9 Å². The van der Waals surface area contributed by atoms with Crippen LogP contribution >= 0.6 is 39.3 Å². The number of hydrogen-bond acceptors (Lipinski definition) is 2. The largest absolute Gasteiger partial charge is 0.323 e. The molecule has 0 spiro atoms. The SMILES string of the molecule is CCSCC(C)n1c(CCl)nc2cc(F)c(Br)cc21. The first-order valence-electron chi connectivity index (χ1n) is 6.08. The van der Waals surface area contributed by atoms with Gasteiger partial charge < -0.3 is 4.57 Å². The summed E-state index contributed by atoms with van der Waals surface area (Å²) in [6.45, 7) is 4.27. The van der Waals surface area contributed by atoms with Gasteiger partial charge in [-0.1, -0.05) is 6.92 Å². The molecule has 0 N–H and O–H groups in total. The molecule has 1 heterocycles. The van der Waals surface area contributed by atoms with E-state index in [1.807, 2.05) is 11.8 Å². The van der Waals surface area contributed by atoms with Gasteiger partial charge in [0, 0.05) is 17.9 Å². The lowest BCUT2D eigenvalue weighted by molar-refractivity contribution is 0.604. The van der Waals surface area contributed by atoms with Crippen molar-refractivity contribution in [2.24, 2.45) is 0 Å². The molecular weight excluding hydrogens is 351 g/mol. The van der Waals surface area contributed by atoms with Gasteiger partial charge in [0.15, 0.2) is 0 Å². The zero-order chi connectivity index (χ0) is 14.0. The van der Waals surface area contributed by atoms with Crippen molar-refractivity contribution in [3.8, 4) is 0 Å². The van der Waals surface area contributed by atoms with Crippen molar-refractivity contribution < 1.29 is 4.39 Å². The minimum atomic E-state index is -0.297. The summed E-state index contributed by atoms with van der Waals surface area (Å²) < 4.78 is 16.1. The summed E-state index contributed by atoms with van der Waals surface area (Å²) in [5.74, 6) is 2.88. The van der Waals surface area contributed by atoms with Gasteiger partial charge in [0.2, 0.25) is 0 Å². The van der Waals surface area contributed by atoms with E-state index in [0.717, 1.165) is 22.8 Å². The highest BCUT2D eigenvalue weighted by Crippen LogP contribution is 2.28. The third-order valence-corrected chi connectivity index (χ3v) is 4.90. The summed E-state index contributed by atoms with van der Waals surface area (Å²) in [5, 5.41) is 0. The van der Waals surface area contributed by atoms with E-state index in [0.29, 0.717) is 15.9 Å². The molecule has 0 saturated carbocycles. The molecule has 1 aromatic heterocycles. The molecule has 1 atom stereocenters. The second kappa shape index (κ2) is 6.46. The van der Waals surface area contributed by atoms with Crippen molar-refractivity contribution >= 4 is 50.3 Å². The fraction of sp³-hybridized carbons (Fsp3) is 0.462. The van der Waals surface area contributed by atoms with E-state index in [1.54, 1.807) is 6.07 Å². The Kier molecular flexibility index (Phi) is 5.15. The van der Waals surface area contributed by atoms with Gasteiger partial charge in [-0.2, -0.15) is 11.8 Å². The molecule has 6 heteroatoms. The van der Waals surface area contributed by atoms with Gasteiger partial charge in [-0.3, -0.25) is 0 Å². The zero-order valence-corrected chi connectivity index (χ0v) is 13.9. The van der Waals surface area contributed by atoms with E-state index >= 15 is 0 Å². The van der Waals surface area contributed by atoms with Crippen molar-refractivity contribution in [3.05, 3.63) is 28.2 Å². The molecule has 0 fully saturated rings. The van der Waals surface area contributed by atoms with E-state index in [9.17, 15) is 4.39 Å². The number of halogens is 3. The third-order valence-electron chi connectivity index (χ3n) is 2.93. The maximum absolute atomic E-state index is 13.6. The summed E-state index contributed by atoms with van der Waals surface area (Å²) in [5.41, 5.74) is 1.58.